The average molecular weight is 572 g/mol. The summed E-state index contributed by atoms with van der Waals surface area (Å²) < 4.78 is 12.3. The molecular formula is C27H28BrClN4O3. The molecular weight excluding hydrogens is 544 g/mol. The fourth-order valence-electron chi connectivity index (χ4n) is 3.77. The normalized spacial score (nSPS) is 14.1. The Balaban J connectivity index is 1.59. The summed E-state index contributed by atoms with van der Waals surface area (Å²) in [6, 6.07) is 9.71. The largest absolute Gasteiger partial charge is 0.497 e. The van der Waals surface area contributed by atoms with Gasteiger partial charge in [0, 0.05) is 24.2 Å². The van der Waals surface area contributed by atoms with Gasteiger partial charge < -0.3 is 19.5 Å². The molecule has 2 aromatic heterocycles. The Labute approximate surface area is 224 Å². The molecule has 0 fully saturated rings. The van der Waals surface area contributed by atoms with Gasteiger partial charge in [0.15, 0.2) is 5.82 Å². The fourth-order valence-corrected chi connectivity index (χ4v) is 4.45. The van der Waals surface area contributed by atoms with Crippen LogP contribution in [0.1, 0.15) is 37.7 Å². The number of hydrogen-bond donors (Lipinski definition) is 1. The summed E-state index contributed by atoms with van der Waals surface area (Å²) >= 11 is 10.3. The van der Waals surface area contributed by atoms with Crippen molar-refractivity contribution in [3.8, 4) is 17.1 Å². The van der Waals surface area contributed by atoms with Gasteiger partial charge in [-0.1, -0.05) is 23.7 Å². The highest BCUT2D eigenvalue weighted by Crippen LogP contribution is 2.36. The van der Waals surface area contributed by atoms with Crippen LogP contribution < -0.4 is 9.64 Å². The maximum absolute atomic E-state index is 10.4. The molecule has 0 amide bonds. The lowest BCUT2D eigenvalue weighted by Gasteiger charge is -2.31. The van der Waals surface area contributed by atoms with E-state index in [0.717, 1.165) is 38.5 Å². The minimum Gasteiger partial charge on any atom is -0.497 e. The number of halogens is 2. The first-order valence-corrected chi connectivity index (χ1v) is 12.6. The van der Waals surface area contributed by atoms with Crippen LogP contribution in [0.2, 0.25) is 5.02 Å². The van der Waals surface area contributed by atoms with E-state index in [2.05, 4.69) is 35.8 Å². The summed E-state index contributed by atoms with van der Waals surface area (Å²) in [5, 5.41) is 10.9. The van der Waals surface area contributed by atoms with Crippen molar-refractivity contribution in [2.75, 3.05) is 18.6 Å². The molecule has 3 aromatic rings. The number of ether oxygens (including phenoxy) is 2. The van der Waals surface area contributed by atoms with Crippen LogP contribution in [0.5, 0.6) is 5.75 Å². The number of allylic oxidation sites excluding steroid dienone is 2. The molecule has 0 unspecified atom stereocenters. The summed E-state index contributed by atoms with van der Waals surface area (Å²) in [6.07, 6.45) is 5.30. The van der Waals surface area contributed by atoms with E-state index in [1.54, 1.807) is 33.4 Å². The average Bonchev–Trinajstić information content (AvgIpc) is 2.84. The predicted octanol–water partition coefficient (Wildman–Crippen LogP) is 6.28. The lowest BCUT2D eigenvalue weighted by Crippen LogP contribution is -2.27. The predicted molar refractivity (Wildman–Crippen MR) is 145 cm³/mol. The molecule has 3 heterocycles. The second-order valence-electron chi connectivity index (χ2n) is 9.09. The van der Waals surface area contributed by atoms with Crippen molar-refractivity contribution in [1.82, 2.24) is 15.0 Å². The van der Waals surface area contributed by atoms with Gasteiger partial charge in [-0.2, -0.15) is 0 Å². The van der Waals surface area contributed by atoms with Gasteiger partial charge in [0.1, 0.15) is 23.7 Å². The van der Waals surface area contributed by atoms with Crippen molar-refractivity contribution in [3.05, 3.63) is 86.7 Å². The molecule has 1 aliphatic heterocycles. The molecule has 0 bridgehead atoms. The lowest BCUT2D eigenvalue weighted by atomic mass is 10.1. The topological polar surface area (TPSA) is 80.6 Å². The van der Waals surface area contributed by atoms with E-state index >= 15 is 0 Å². The zero-order valence-electron chi connectivity index (χ0n) is 20.8. The Morgan fingerprint density at radius 3 is 2.67 bits per heavy atom. The highest BCUT2D eigenvalue weighted by molar-refractivity contribution is 9.11. The first-order valence-electron chi connectivity index (χ1n) is 11.4. The molecule has 0 radical (unpaired) electrons. The van der Waals surface area contributed by atoms with E-state index in [1.807, 2.05) is 50.3 Å². The molecule has 4 rings (SSSR count). The minimum atomic E-state index is -1.17. The summed E-state index contributed by atoms with van der Waals surface area (Å²) in [6.45, 7) is 8.19. The highest BCUT2D eigenvalue weighted by Gasteiger charge is 2.24. The number of nitrogens with zero attached hydrogens (tertiary/aromatic N) is 4. The number of aliphatic hydroxyl groups is 1. The molecule has 1 N–H and O–H groups in total. The van der Waals surface area contributed by atoms with Crippen molar-refractivity contribution >= 4 is 33.2 Å². The second kappa shape index (κ2) is 10.6. The summed E-state index contributed by atoms with van der Waals surface area (Å²) in [4.78, 5) is 15.5. The first-order chi connectivity index (χ1) is 17.1. The zero-order chi connectivity index (χ0) is 26.0. The van der Waals surface area contributed by atoms with Crippen molar-refractivity contribution in [2.24, 2.45) is 0 Å². The maximum Gasteiger partial charge on any atom is 0.160 e. The van der Waals surface area contributed by atoms with E-state index in [0.29, 0.717) is 35.4 Å². The third-order valence-corrected chi connectivity index (χ3v) is 6.68. The Morgan fingerprint density at radius 2 is 1.94 bits per heavy atom. The Bertz CT molecular complexity index is 1350. The monoisotopic (exact) mass is 570 g/mol. The van der Waals surface area contributed by atoms with Crippen molar-refractivity contribution in [1.29, 1.82) is 0 Å². The molecule has 0 saturated heterocycles. The van der Waals surface area contributed by atoms with Crippen LogP contribution in [-0.4, -0.2) is 33.7 Å². The lowest BCUT2D eigenvalue weighted by molar-refractivity contribution is 0.0688. The number of hydrogen-bond acceptors (Lipinski definition) is 7. The number of methoxy groups -OCH3 is 1. The molecule has 0 atom stereocenters. The number of anilines is 1. The number of aryl methyl sites for hydroxylation is 1. The van der Waals surface area contributed by atoms with Gasteiger partial charge in [-0.3, -0.25) is 4.98 Å². The van der Waals surface area contributed by atoms with Crippen LogP contribution in [0.3, 0.4) is 0 Å². The first kappa shape index (κ1) is 26.1. The Morgan fingerprint density at radius 1 is 1.17 bits per heavy atom. The van der Waals surface area contributed by atoms with Crippen LogP contribution in [0.25, 0.3) is 11.4 Å². The number of benzene rings is 1. The smallest absolute Gasteiger partial charge is 0.160 e. The molecule has 0 aliphatic carbocycles. The van der Waals surface area contributed by atoms with Gasteiger partial charge in [-0.15, -0.1) is 0 Å². The van der Waals surface area contributed by atoms with Crippen LogP contribution in [0.4, 0.5) is 5.69 Å². The molecule has 0 spiro atoms. The van der Waals surface area contributed by atoms with Gasteiger partial charge in [0.25, 0.3) is 0 Å². The maximum atomic E-state index is 10.4. The number of aromatic nitrogens is 3. The van der Waals surface area contributed by atoms with Crippen LogP contribution in [-0.2, 0) is 16.9 Å². The Kier molecular flexibility index (Phi) is 7.68. The SMILES string of the molecule is COc1cccc(COC2=C(Br)CN(c3cc(-c4nc(C(C)(C)O)ncc4C)ncc3Cl)C(C)=C2)c1. The standard InChI is InChI=1S/C27H28BrClN4O3/c1-16-12-31-26(27(3,4)34)32-25(16)22-11-23(21(29)13-30-22)33-14-20(28)24(9-17(33)2)36-15-18-7-6-8-19(10-18)35-5/h6-13,34H,14-15H2,1-5H3. The van der Waals surface area contributed by atoms with Crippen molar-refractivity contribution in [2.45, 2.75) is 39.9 Å². The van der Waals surface area contributed by atoms with Gasteiger partial charge in [0.2, 0.25) is 0 Å². The van der Waals surface area contributed by atoms with Crippen molar-refractivity contribution in [3.63, 3.8) is 0 Å². The number of pyridine rings is 1. The zero-order valence-corrected chi connectivity index (χ0v) is 23.2. The van der Waals surface area contributed by atoms with Gasteiger partial charge in [-0.25, -0.2) is 9.97 Å². The van der Waals surface area contributed by atoms with E-state index in [4.69, 9.17) is 21.1 Å². The summed E-state index contributed by atoms with van der Waals surface area (Å²) in [5.74, 6) is 1.89. The summed E-state index contributed by atoms with van der Waals surface area (Å²) in [7, 11) is 1.65. The molecule has 188 valence electrons. The third-order valence-electron chi connectivity index (χ3n) is 5.75. The van der Waals surface area contributed by atoms with Gasteiger partial charge >= 0.3 is 0 Å². The van der Waals surface area contributed by atoms with Crippen LogP contribution >= 0.6 is 27.5 Å². The van der Waals surface area contributed by atoms with E-state index < -0.39 is 5.60 Å². The molecule has 1 aliphatic rings. The van der Waals surface area contributed by atoms with Crippen LogP contribution in [0.15, 0.2) is 64.7 Å². The van der Waals surface area contributed by atoms with Gasteiger partial charge in [0.05, 0.1) is 40.2 Å². The van der Waals surface area contributed by atoms with E-state index in [-0.39, 0.29) is 0 Å². The van der Waals surface area contributed by atoms with Crippen LogP contribution in [0, 0.1) is 6.92 Å². The second-order valence-corrected chi connectivity index (χ2v) is 10.5. The van der Waals surface area contributed by atoms with Gasteiger partial charge in [-0.05, 0) is 73.0 Å². The fraction of sp³-hybridized carbons (Fsp3) is 0.296. The van der Waals surface area contributed by atoms with Crippen molar-refractivity contribution < 1.29 is 14.6 Å². The molecule has 1 aromatic carbocycles. The molecule has 0 saturated carbocycles. The Hall–Kier alpha value is -2.94. The third kappa shape index (κ3) is 5.72. The quantitative estimate of drug-likeness (QED) is 0.357. The number of rotatable bonds is 7. The highest BCUT2D eigenvalue weighted by atomic mass is 79.9. The molecule has 9 heteroatoms. The van der Waals surface area contributed by atoms with E-state index in [1.165, 1.54) is 0 Å². The minimum absolute atomic E-state index is 0.332. The molecule has 36 heavy (non-hydrogen) atoms. The molecule has 7 nitrogen and oxygen atoms in total. The summed E-state index contributed by atoms with van der Waals surface area (Å²) in [5.41, 5.74) is 3.76. The van der Waals surface area contributed by atoms with E-state index in [9.17, 15) is 5.11 Å².